The molecule has 0 aliphatic carbocycles. The van der Waals surface area contributed by atoms with Crippen molar-refractivity contribution in [3.8, 4) is 5.88 Å². The summed E-state index contributed by atoms with van der Waals surface area (Å²) in [4.78, 5) is 34.3. The SMILES string of the molecule is C=CC(=O)Nc1cc(Nc2cc(N3OCC[C@@H]3c3cccc(C(F)(F)F)c3F)ncn2)c(OC(F)F)nc1N1CCN(C)CC1. The highest BCUT2D eigenvalue weighted by Crippen LogP contribution is 2.41. The van der Waals surface area contributed by atoms with Crippen molar-refractivity contribution in [2.45, 2.75) is 25.3 Å². The van der Waals surface area contributed by atoms with Gasteiger partial charge in [0.05, 0.1) is 23.9 Å². The normalized spacial score (nSPS) is 17.5. The third kappa shape index (κ3) is 7.20. The van der Waals surface area contributed by atoms with E-state index in [0.29, 0.717) is 32.2 Å². The van der Waals surface area contributed by atoms with Crippen molar-refractivity contribution in [1.82, 2.24) is 19.9 Å². The first kappa shape index (κ1) is 31.8. The van der Waals surface area contributed by atoms with E-state index in [1.54, 1.807) is 0 Å². The molecule has 4 heterocycles. The van der Waals surface area contributed by atoms with Crippen LogP contribution in [0.1, 0.15) is 23.6 Å². The maximum absolute atomic E-state index is 15.0. The zero-order valence-corrected chi connectivity index (χ0v) is 23.8. The fourth-order valence-corrected chi connectivity index (χ4v) is 4.96. The molecular weight excluding hydrogens is 610 g/mol. The molecule has 2 fully saturated rings. The Morgan fingerprint density at radius 2 is 1.91 bits per heavy atom. The number of likely N-dealkylation sites (N-methyl/N-ethyl adjacent to an activating group) is 1. The molecule has 1 amide bonds. The number of carbonyl (C=O) groups is 1. The van der Waals surface area contributed by atoms with Gasteiger partial charge in [-0.15, -0.1) is 0 Å². The zero-order chi connectivity index (χ0) is 32.3. The summed E-state index contributed by atoms with van der Waals surface area (Å²) in [6.45, 7) is 2.59. The van der Waals surface area contributed by atoms with Gasteiger partial charge in [-0.2, -0.15) is 26.9 Å². The number of anilines is 5. The third-order valence-electron chi connectivity index (χ3n) is 7.15. The molecule has 11 nitrogen and oxygen atoms in total. The Balaban J connectivity index is 1.48. The topological polar surface area (TPSA) is 108 Å². The lowest BCUT2D eigenvalue weighted by Gasteiger charge is -2.34. The largest absolute Gasteiger partial charge is 0.419 e. The Morgan fingerprint density at radius 1 is 1.16 bits per heavy atom. The highest BCUT2D eigenvalue weighted by Gasteiger charge is 2.38. The number of carbonyl (C=O) groups excluding carboxylic acids is 1. The maximum atomic E-state index is 15.0. The van der Waals surface area contributed by atoms with Crippen LogP contribution in [0.3, 0.4) is 0 Å². The number of ether oxygens (including phenoxy) is 1. The molecule has 2 aliphatic rings. The van der Waals surface area contributed by atoms with Crippen LogP contribution >= 0.6 is 0 Å². The number of nitrogens with one attached hydrogen (secondary N) is 2. The molecule has 2 N–H and O–H groups in total. The van der Waals surface area contributed by atoms with Crippen molar-refractivity contribution in [2.75, 3.05) is 60.4 Å². The predicted molar refractivity (Wildman–Crippen MR) is 152 cm³/mol. The fourth-order valence-electron chi connectivity index (χ4n) is 4.96. The fraction of sp³-hybridized carbons (Fsp3) is 0.357. The smallest absolute Gasteiger partial charge is 0.415 e. The van der Waals surface area contributed by atoms with Gasteiger partial charge in [0.25, 0.3) is 0 Å². The minimum absolute atomic E-state index is 0.0213. The number of amides is 1. The van der Waals surface area contributed by atoms with Crippen LogP contribution in [0.5, 0.6) is 5.88 Å². The van der Waals surface area contributed by atoms with E-state index in [4.69, 9.17) is 9.57 Å². The van der Waals surface area contributed by atoms with Gasteiger partial charge < -0.3 is 25.2 Å². The molecule has 2 aliphatic heterocycles. The second-order valence-corrected chi connectivity index (χ2v) is 10.1. The number of hydrogen-bond acceptors (Lipinski definition) is 10. The predicted octanol–water partition coefficient (Wildman–Crippen LogP) is 5.13. The molecule has 3 aromatic rings. The number of nitrogens with zero attached hydrogens (tertiary/aromatic N) is 6. The molecule has 0 bridgehead atoms. The second-order valence-electron chi connectivity index (χ2n) is 10.1. The molecule has 2 saturated heterocycles. The van der Waals surface area contributed by atoms with Crippen LogP contribution < -0.4 is 25.3 Å². The summed E-state index contributed by atoms with van der Waals surface area (Å²) in [6, 6.07) is 4.72. The minimum atomic E-state index is -4.90. The summed E-state index contributed by atoms with van der Waals surface area (Å²) >= 11 is 0. The van der Waals surface area contributed by atoms with E-state index in [0.717, 1.165) is 23.5 Å². The molecule has 0 saturated carbocycles. The van der Waals surface area contributed by atoms with Gasteiger partial charge in [0.1, 0.15) is 23.6 Å². The van der Waals surface area contributed by atoms with E-state index >= 15 is 0 Å². The van der Waals surface area contributed by atoms with Gasteiger partial charge >= 0.3 is 12.8 Å². The molecule has 0 radical (unpaired) electrons. The molecule has 2 aromatic heterocycles. The number of hydrogen-bond donors (Lipinski definition) is 2. The number of pyridine rings is 1. The molecular formula is C28H28F6N8O3. The van der Waals surface area contributed by atoms with Gasteiger partial charge in [-0.25, -0.2) is 19.4 Å². The molecule has 5 rings (SSSR count). The standard InChI is InChI=1S/C28H28F6N8O3/c1-3-23(43)38-18-13-19(26(45-27(30)31)39-25(18)41-10-8-40(2)9-11-41)37-21-14-22(36-15-35-21)42-20(7-12-44-42)16-5-4-6-17(24(16)29)28(32,33)34/h3-6,13-15,20,27H,1,7-12H2,2H3,(H,38,43)(H,35,36,37)/t20-/m1/s1. The molecule has 240 valence electrons. The Morgan fingerprint density at radius 3 is 2.60 bits per heavy atom. The van der Waals surface area contributed by atoms with Crippen molar-refractivity contribution < 1.29 is 40.7 Å². The first-order valence-corrected chi connectivity index (χ1v) is 13.7. The van der Waals surface area contributed by atoms with Gasteiger partial charge in [0.15, 0.2) is 11.6 Å². The molecule has 45 heavy (non-hydrogen) atoms. The Labute approximate surface area is 253 Å². The van der Waals surface area contributed by atoms with E-state index in [2.05, 4.69) is 37.1 Å². The number of rotatable bonds is 9. The lowest BCUT2D eigenvalue weighted by molar-refractivity contribution is -0.140. The molecule has 1 atom stereocenters. The number of halogens is 6. The van der Waals surface area contributed by atoms with Crippen molar-refractivity contribution in [3.63, 3.8) is 0 Å². The van der Waals surface area contributed by atoms with Crippen molar-refractivity contribution in [2.24, 2.45) is 0 Å². The lowest BCUT2D eigenvalue weighted by Crippen LogP contribution is -2.45. The summed E-state index contributed by atoms with van der Waals surface area (Å²) < 4.78 is 86.8. The first-order chi connectivity index (χ1) is 21.4. The number of alkyl halides is 5. The average Bonchev–Trinajstić information content (AvgIpc) is 3.48. The van der Waals surface area contributed by atoms with Crippen molar-refractivity contribution in [3.05, 3.63) is 66.3 Å². The van der Waals surface area contributed by atoms with Crippen molar-refractivity contribution >= 4 is 34.7 Å². The molecule has 0 unspecified atom stereocenters. The van der Waals surface area contributed by atoms with E-state index < -0.39 is 42.0 Å². The van der Waals surface area contributed by atoms with Gasteiger partial charge in [0, 0.05) is 44.2 Å². The zero-order valence-electron chi connectivity index (χ0n) is 23.8. The van der Waals surface area contributed by atoms with E-state index in [-0.39, 0.29) is 47.4 Å². The lowest BCUT2D eigenvalue weighted by atomic mass is 10.0. The van der Waals surface area contributed by atoms with E-state index in [9.17, 15) is 31.1 Å². The van der Waals surface area contributed by atoms with Gasteiger partial charge in [0.2, 0.25) is 11.8 Å². The van der Waals surface area contributed by atoms with Gasteiger partial charge in [-0.05, 0) is 25.3 Å². The number of benzene rings is 1. The second kappa shape index (κ2) is 13.2. The summed E-state index contributed by atoms with van der Waals surface area (Å²) in [5.74, 6) is -2.20. The summed E-state index contributed by atoms with van der Waals surface area (Å²) in [7, 11) is 1.94. The quantitative estimate of drug-likeness (QED) is 0.242. The minimum Gasteiger partial charge on any atom is -0.415 e. The Bertz CT molecular complexity index is 1550. The monoisotopic (exact) mass is 638 g/mol. The van der Waals surface area contributed by atoms with E-state index in [1.807, 2.05) is 11.9 Å². The van der Waals surface area contributed by atoms with E-state index in [1.165, 1.54) is 18.2 Å². The van der Waals surface area contributed by atoms with Gasteiger partial charge in [-0.3, -0.25) is 9.63 Å². The number of hydroxylamine groups is 1. The molecule has 1 aromatic carbocycles. The Hall–Kier alpha value is -4.64. The number of aromatic nitrogens is 3. The first-order valence-electron chi connectivity index (χ1n) is 13.7. The summed E-state index contributed by atoms with van der Waals surface area (Å²) in [6.07, 6.45) is -2.60. The highest BCUT2D eigenvalue weighted by atomic mass is 19.4. The molecule has 0 spiro atoms. The average molecular weight is 639 g/mol. The van der Waals surface area contributed by atoms with Crippen LogP contribution in [0.4, 0.5) is 55.2 Å². The van der Waals surface area contributed by atoms with Crippen LogP contribution in [0.25, 0.3) is 0 Å². The van der Waals surface area contributed by atoms with Crippen molar-refractivity contribution in [1.29, 1.82) is 0 Å². The number of piperazine rings is 1. The van der Waals surface area contributed by atoms with Crippen LogP contribution in [0.2, 0.25) is 0 Å². The third-order valence-corrected chi connectivity index (χ3v) is 7.15. The highest BCUT2D eigenvalue weighted by molar-refractivity contribution is 6.01. The summed E-state index contributed by atoms with van der Waals surface area (Å²) in [5.41, 5.74) is -1.56. The summed E-state index contributed by atoms with van der Waals surface area (Å²) in [5, 5.41) is 6.63. The Kier molecular flexibility index (Phi) is 9.29. The maximum Gasteiger partial charge on any atom is 0.419 e. The molecule has 17 heteroatoms. The van der Waals surface area contributed by atoms with Crippen LogP contribution in [-0.4, -0.2) is 72.2 Å². The van der Waals surface area contributed by atoms with Crippen LogP contribution in [0.15, 0.2) is 49.3 Å². The van der Waals surface area contributed by atoms with Crippen LogP contribution in [0, 0.1) is 5.82 Å². The van der Waals surface area contributed by atoms with Crippen LogP contribution in [-0.2, 0) is 15.8 Å². The van der Waals surface area contributed by atoms with Gasteiger partial charge in [-0.1, -0.05) is 18.7 Å².